The predicted molar refractivity (Wildman–Crippen MR) is 116 cm³/mol. The number of halogens is 1. The van der Waals surface area contributed by atoms with Gasteiger partial charge >= 0.3 is 5.97 Å². The minimum atomic E-state index is -1.23. The Labute approximate surface area is 191 Å². The van der Waals surface area contributed by atoms with Crippen LogP contribution in [0, 0.1) is 12.8 Å². The number of aldehydes is 1. The number of carboxylic acids is 1. The van der Waals surface area contributed by atoms with Gasteiger partial charge in [-0.3, -0.25) is 24.7 Å². The van der Waals surface area contributed by atoms with Gasteiger partial charge in [-0.2, -0.15) is 0 Å². The highest BCUT2D eigenvalue weighted by Gasteiger charge is 2.39. The van der Waals surface area contributed by atoms with Crippen LogP contribution < -0.4 is 10.6 Å². The van der Waals surface area contributed by atoms with Crippen molar-refractivity contribution in [2.45, 2.75) is 64.4 Å². The smallest absolute Gasteiger partial charge is 0.305 e. The molecule has 3 unspecified atom stereocenters. The molecule has 0 bridgehead atoms. The summed E-state index contributed by atoms with van der Waals surface area (Å²) >= 11 is 6.18. The molecule has 11 heteroatoms. The van der Waals surface area contributed by atoms with Gasteiger partial charge in [-0.15, -0.1) is 0 Å². The molecule has 1 fully saturated rings. The van der Waals surface area contributed by atoms with Gasteiger partial charge in [0.2, 0.25) is 11.8 Å². The normalized spacial score (nSPS) is 18.8. The second-order valence-corrected chi connectivity index (χ2v) is 8.59. The molecule has 32 heavy (non-hydrogen) atoms. The van der Waals surface area contributed by atoms with E-state index < -0.39 is 42.7 Å². The van der Waals surface area contributed by atoms with E-state index in [0.717, 1.165) is 0 Å². The number of carbonyl (C=O) groups excluding carboxylic acids is 3. The molecule has 2 heterocycles. The van der Waals surface area contributed by atoms with Crippen LogP contribution in [0.1, 0.15) is 50.5 Å². The van der Waals surface area contributed by atoms with Gasteiger partial charge in [-0.1, -0.05) is 25.4 Å². The van der Waals surface area contributed by atoms with Crippen LogP contribution in [-0.4, -0.2) is 68.8 Å². The zero-order valence-electron chi connectivity index (χ0n) is 18.2. The molecule has 0 aromatic carbocycles. The van der Waals surface area contributed by atoms with Gasteiger partial charge in [0, 0.05) is 24.5 Å². The SMILES string of the molecule is Cc1cncc(Cl)c1C(O)N[C@H](C(=O)N1CCCC1C(=O)NC(C=O)CC(=O)O)C(C)C. The first-order chi connectivity index (χ1) is 15.1. The summed E-state index contributed by atoms with van der Waals surface area (Å²) in [6.45, 7) is 5.69. The molecular weight excluding hydrogens is 440 g/mol. The van der Waals surface area contributed by atoms with Gasteiger partial charge < -0.3 is 25.2 Å². The molecule has 1 aliphatic heterocycles. The molecule has 0 spiro atoms. The topological polar surface area (TPSA) is 149 Å². The number of carbonyl (C=O) groups is 4. The Balaban J connectivity index is 2.16. The summed E-state index contributed by atoms with van der Waals surface area (Å²) in [6.07, 6.45) is 2.53. The van der Waals surface area contributed by atoms with Crippen molar-refractivity contribution in [2.24, 2.45) is 5.92 Å². The second-order valence-electron chi connectivity index (χ2n) is 8.18. The van der Waals surface area contributed by atoms with E-state index in [-0.39, 0.29) is 16.8 Å². The molecule has 4 N–H and O–H groups in total. The van der Waals surface area contributed by atoms with E-state index in [9.17, 15) is 24.3 Å². The van der Waals surface area contributed by atoms with Gasteiger partial charge in [0.05, 0.1) is 23.5 Å². The first kappa shape index (κ1) is 25.7. The van der Waals surface area contributed by atoms with Crippen molar-refractivity contribution in [3.8, 4) is 0 Å². The highest BCUT2D eigenvalue weighted by atomic mass is 35.5. The third kappa shape index (κ3) is 6.24. The number of aromatic nitrogens is 1. The number of amides is 2. The van der Waals surface area contributed by atoms with Gasteiger partial charge in [0.25, 0.3) is 0 Å². The number of aliphatic hydroxyl groups excluding tert-OH is 1. The lowest BCUT2D eigenvalue weighted by molar-refractivity contribution is -0.143. The number of carboxylic acid groups (broad SMARTS) is 1. The number of hydrogen-bond donors (Lipinski definition) is 4. The largest absolute Gasteiger partial charge is 0.481 e. The molecule has 1 aliphatic rings. The third-order valence-corrected chi connectivity index (χ3v) is 5.71. The van der Waals surface area contributed by atoms with E-state index in [1.807, 2.05) is 13.8 Å². The number of nitrogens with one attached hydrogen (secondary N) is 2. The zero-order chi connectivity index (χ0) is 24.0. The van der Waals surface area contributed by atoms with Gasteiger partial charge in [-0.05, 0) is 31.2 Å². The van der Waals surface area contributed by atoms with Gasteiger partial charge in [0.15, 0.2) is 0 Å². The Bertz CT molecular complexity index is 844. The molecule has 10 nitrogen and oxygen atoms in total. The maximum absolute atomic E-state index is 13.3. The zero-order valence-corrected chi connectivity index (χ0v) is 19.0. The van der Waals surface area contributed by atoms with Crippen molar-refractivity contribution in [3.05, 3.63) is 28.5 Å². The fraction of sp³-hybridized carbons (Fsp3) is 0.571. The maximum Gasteiger partial charge on any atom is 0.305 e. The lowest BCUT2D eigenvalue weighted by atomic mass is 10.0. The number of aliphatic carboxylic acids is 1. The second kappa shape index (κ2) is 11.3. The number of aliphatic hydroxyl groups is 1. The Morgan fingerprint density at radius 1 is 1.34 bits per heavy atom. The number of likely N-dealkylation sites (tertiary alicyclic amines) is 1. The van der Waals surface area contributed by atoms with Crippen molar-refractivity contribution in [3.63, 3.8) is 0 Å². The summed E-state index contributed by atoms with van der Waals surface area (Å²) in [5.74, 6) is -2.40. The van der Waals surface area contributed by atoms with Crippen LogP contribution in [-0.2, 0) is 19.2 Å². The van der Waals surface area contributed by atoms with Crippen molar-refractivity contribution in [1.82, 2.24) is 20.5 Å². The molecule has 2 rings (SSSR count). The van der Waals surface area contributed by atoms with Crippen molar-refractivity contribution in [1.29, 1.82) is 0 Å². The van der Waals surface area contributed by atoms with E-state index >= 15 is 0 Å². The molecule has 1 saturated heterocycles. The molecular formula is C21H29ClN4O6. The molecule has 1 aromatic heterocycles. The Kier molecular flexibility index (Phi) is 9.11. The number of aryl methyl sites for hydroxylation is 1. The fourth-order valence-corrected chi connectivity index (χ4v) is 4.08. The summed E-state index contributed by atoms with van der Waals surface area (Å²) in [5, 5.41) is 25.2. The minimum absolute atomic E-state index is 0.225. The van der Waals surface area contributed by atoms with Crippen LogP contribution in [0.25, 0.3) is 0 Å². The number of hydrogen-bond acceptors (Lipinski definition) is 7. The quantitative estimate of drug-likeness (QED) is 0.291. The van der Waals surface area contributed by atoms with E-state index in [2.05, 4.69) is 15.6 Å². The average Bonchev–Trinajstić information content (AvgIpc) is 3.20. The first-order valence-corrected chi connectivity index (χ1v) is 10.8. The highest BCUT2D eigenvalue weighted by molar-refractivity contribution is 6.31. The lowest BCUT2D eigenvalue weighted by Gasteiger charge is -2.32. The van der Waals surface area contributed by atoms with Crippen LogP contribution in [0.3, 0.4) is 0 Å². The summed E-state index contributed by atoms with van der Waals surface area (Å²) in [4.78, 5) is 53.4. The van der Waals surface area contributed by atoms with Crippen molar-refractivity contribution < 1.29 is 29.4 Å². The van der Waals surface area contributed by atoms with Gasteiger partial charge in [-0.25, -0.2) is 0 Å². The summed E-state index contributed by atoms with van der Waals surface area (Å²) in [7, 11) is 0. The summed E-state index contributed by atoms with van der Waals surface area (Å²) in [6, 6.07) is -2.82. The monoisotopic (exact) mass is 468 g/mol. The van der Waals surface area contributed by atoms with Gasteiger partial charge in [0.1, 0.15) is 18.6 Å². The average molecular weight is 469 g/mol. The fourth-order valence-electron chi connectivity index (χ4n) is 3.77. The molecule has 2 amide bonds. The van der Waals surface area contributed by atoms with Crippen LogP contribution in [0.15, 0.2) is 12.4 Å². The third-order valence-electron chi connectivity index (χ3n) is 5.41. The number of nitrogens with zero attached hydrogens (tertiary/aromatic N) is 2. The van der Waals surface area contributed by atoms with Crippen LogP contribution in [0.4, 0.5) is 0 Å². The Morgan fingerprint density at radius 2 is 2.03 bits per heavy atom. The van der Waals surface area contributed by atoms with E-state index in [0.29, 0.717) is 36.8 Å². The maximum atomic E-state index is 13.3. The van der Waals surface area contributed by atoms with Crippen LogP contribution in [0.5, 0.6) is 0 Å². The van der Waals surface area contributed by atoms with E-state index in [1.165, 1.54) is 11.1 Å². The van der Waals surface area contributed by atoms with Crippen molar-refractivity contribution in [2.75, 3.05) is 6.54 Å². The minimum Gasteiger partial charge on any atom is -0.481 e. The van der Waals surface area contributed by atoms with Crippen LogP contribution in [0.2, 0.25) is 5.02 Å². The first-order valence-electron chi connectivity index (χ1n) is 10.4. The molecule has 4 atom stereocenters. The highest BCUT2D eigenvalue weighted by Crippen LogP contribution is 2.26. The summed E-state index contributed by atoms with van der Waals surface area (Å²) < 4.78 is 0. The molecule has 176 valence electrons. The van der Waals surface area contributed by atoms with Crippen LogP contribution >= 0.6 is 11.6 Å². The van der Waals surface area contributed by atoms with E-state index in [4.69, 9.17) is 16.7 Å². The molecule has 0 radical (unpaired) electrons. The standard InChI is InChI=1S/C21H29ClN4O6/c1-11(2)18(25-20(31)17-12(3)8-23-9-14(17)22)21(32)26-6-4-5-15(26)19(30)24-13(10-27)7-16(28)29/h8-11,13,15,18,20,25,31H,4-7H2,1-3H3,(H,24,30)(H,28,29)/t13?,15?,18-,20?/m0/s1. The predicted octanol–water partition coefficient (Wildman–Crippen LogP) is 0.798. The number of rotatable bonds is 10. The summed E-state index contributed by atoms with van der Waals surface area (Å²) in [5.41, 5.74) is 1.07. The molecule has 0 aliphatic carbocycles. The van der Waals surface area contributed by atoms with E-state index in [1.54, 1.807) is 13.1 Å². The number of pyridine rings is 1. The molecule has 0 saturated carbocycles. The van der Waals surface area contributed by atoms with Crippen molar-refractivity contribution >= 4 is 35.7 Å². The molecule has 1 aromatic rings. The lowest BCUT2D eigenvalue weighted by Crippen LogP contribution is -2.55. The Hall–Kier alpha value is -2.56. The Morgan fingerprint density at radius 3 is 2.59 bits per heavy atom.